The zero-order valence-corrected chi connectivity index (χ0v) is 20.0. The van der Waals surface area contributed by atoms with E-state index in [0.29, 0.717) is 53.0 Å². The monoisotopic (exact) mass is 472 g/mol. The molecule has 2 N–H and O–H groups in total. The smallest absolute Gasteiger partial charge is 0.338 e. The summed E-state index contributed by atoms with van der Waals surface area (Å²) < 4.78 is 17.2. The molecule has 1 atom stereocenters. The maximum Gasteiger partial charge on any atom is 0.338 e. The number of benzene rings is 2. The van der Waals surface area contributed by atoms with E-state index >= 15 is 0 Å². The molecule has 176 valence electrons. The standard InChI is InChI=1S/C25H29ClN2O5/c1-5-19-22(24(29)33-15(3)4)23(28-25(30)27-19)17-10-11-20(21(13-17)31-6-2)32-14-16-8-7-9-18(26)12-16/h7-13,15,23H,5-6,14H2,1-4H3,(H2,27,28,30). The molecule has 1 aliphatic heterocycles. The molecule has 2 aromatic carbocycles. The Morgan fingerprint density at radius 1 is 1.09 bits per heavy atom. The lowest BCUT2D eigenvalue weighted by atomic mass is 9.94. The Morgan fingerprint density at radius 3 is 2.55 bits per heavy atom. The molecule has 0 fully saturated rings. The van der Waals surface area contributed by atoms with Gasteiger partial charge in [-0.15, -0.1) is 0 Å². The molecule has 33 heavy (non-hydrogen) atoms. The maximum absolute atomic E-state index is 12.9. The van der Waals surface area contributed by atoms with Crippen molar-refractivity contribution >= 4 is 23.6 Å². The van der Waals surface area contributed by atoms with Gasteiger partial charge in [0, 0.05) is 10.7 Å². The molecule has 0 radical (unpaired) electrons. The topological polar surface area (TPSA) is 85.9 Å². The van der Waals surface area contributed by atoms with Gasteiger partial charge >= 0.3 is 12.0 Å². The number of ether oxygens (including phenoxy) is 3. The van der Waals surface area contributed by atoms with Crippen LogP contribution in [0.1, 0.15) is 51.3 Å². The van der Waals surface area contributed by atoms with Crippen LogP contribution in [0, 0.1) is 0 Å². The van der Waals surface area contributed by atoms with Crippen molar-refractivity contribution in [3.63, 3.8) is 0 Å². The Balaban J connectivity index is 1.93. The van der Waals surface area contributed by atoms with Gasteiger partial charge in [-0.3, -0.25) is 0 Å². The molecule has 0 spiro atoms. The summed E-state index contributed by atoms with van der Waals surface area (Å²) in [5.74, 6) is 0.588. The van der Waals surface area contributed by atoms with Gasteiger partial charge < -0.3 is 24.8 Å². The molecular formula is C25H29ClN2O5. The van der Waals surface area contributed by atoms with Crippen molar-refractivity contribution in [1.29, 1.82) is 0 Å². The number of nitrogens with one attached hydrogen (secondary N) is 2. The molecule has 3 rings (SSSR count). The molecule has 1 unspecified atom stereocenters. The fraction of sp³-hybridized carbons (Fsp3) is 0.360. The Labute approximate surface area is 199 Å². The second-order valence-corrected chi connectivity index (χ2v) is 8.23. The summed E-state index contributed by atoms with van der Waals surface area (Å²) in [6.45, 7) is 8.06. The number of carbonyl (C=O) groups is 2. The number of rotatable bonds is 9. The van der Waals surface area contributed by atoms with Gasteiger partial charge in [0.1, 0.15) is 6.61 Å². The third-order valence-corrected chi connectivity index (χ3v) is 5.19. The number of hydrogen-bond acceptors (Lipinski definition) is 5. The Hall–Kier alpha value is -3.19. The molecule has 0 aromatic heterocycles. The molecule has 0 aliphatic carbocycles. The van der Waals surface area contributed by atoms with Gasteiger partial charge in [-0.05, 0) is 62.6 Å². The molecule has 8 heteroatoms. The van der Waals surface area contributed by atoms with Crippen molar-refractivity contribution in [3.8, 4) is 11.5 Å². The number of urea groups is 1. The highest BCUT2D eigenvalue weighted by atomic mass is 35.5. The predicted molar refractivity (Wildman–Crippen MR) is 126 cm³/mol. The lowest BCUT2D eigenvalue weighted by molar-refractivity contribution is -0.143. The first kappa shape index (κ1) is 24.5. The van der Waals surface area contributed by atoms with Gasteiger partial charge in [0.15, 0.2) is 11.5 Å². The van der Waals surface area contributed by atoms with Crippen LogP contribution < -0.4 is 20.1 Å². The normalized spacial score (nSPS) is 15.7. The molecule has 1 heterocycles. The lowest BCUT2D eigenvalue weighted by Crippen LogP contribution is -2.46. The minimum atomic E-state index is -0.680. The zero-order chi connectivity index (χ0) is 24.0. The van der Waals surface area contributed by atoms with E-state index in [1.165, 1.54) is 0 Å². The Bertz CT molecular complexity index is 1050. The number of esters is 1. The Morgan fingerprint density at radius 2 is 1.88 bits per heavy atom. The van der Waals surface area contributed by atoms with Crippen molar-refractivity contribution in [2.45, 2.75) is 52.9 Å². The highest BCUT2D eigenvalue weighted by Gasteiger charge is 2.34. The third-order valence-electron chi connectivity index (χ3n) is 4.95. The van der Waals surface area contributed by atoms with Gasteiger partial charge in [0.2, 0.25) is 0 Å². The van der Waals surface area contributed by atoms with Crippen molar-refractivity contribution in [1.82, 2.24) is 10.6 Å². The van der Waals surface area contributed by atoms with E-state index in [4.69, 9.17) is 25.8 Å². The van der Waals surface area contributed by atoms with Crippen LogP contribution in [0.15, 0.2) is 53.7 Å². The second kappa shape index (κ2) is 11.1. The quantitative estimate of drug-likeness (QED) is 0.484. The molecule has 2 aromatic rings. The molecule has 2 amide bonds. The van der Waals surface area contributed by atoms with E-state index in [0.717, 1.165) is 5.56 Å². The lowest BCUT2D eigenvalue weighted by Gasteiger charge is -2.30. The van der Waals surface area contributed by atoms with Crippen molar-refractivity contribution in [2.24, 2.45) is 0 Å². The van der Waals surface area contributed by atoms with Gasteiger partial charge in [0.05, 0.1) is 24.3 Å². The first-order chi connectivity index (χ1) is 15.8. The molecule has 0 saturated heterocycles. The van der Waals surface area contributed by atoms with Crippen molar-refractivity contribution in [3.05, 3.63) is 69.9 Å². The van der Waals surface area contributed by atoms with E-state index in [1.54, 1.807) is 32.0 Å². The van der Waals surface area contributed by atoms with Crippen molar-refractivity contribution < 1.29 is 23.8 Å². The number of halogens is 1. The SMILES string of the molecule is CCOc1cc(C2NC(=O)NC(CC)=C2C(=O)OC(C)C)ccc1OCc1cccc(Cl)c1. The molecule has 1 aliphatic rings. The molecular weight excluding hydrogens is 444 g/mol. The van der Waals surface area contributed by atoms with Crippen LogP contribution in [0.2, 0.25) is 5.02 Å². The summed E-state index contributed by atoms with van der Waals surface area (Å²) in [6.07, 6.45) is 0.189. The van der Waals surface area contributed by atoms with Crippen LogP contribution in [0.4, 0.5) is 4.79 Å². The summed E-state index contributed by atoms with van der Waals surface area (Å²) >= 11 is 6.06. The van der Waals surface area contributed by atoms with Crippen LogP contribution in [-0.4, -0.2) is 24.7 Å². The van der Waals surface area contributed by atoms with Crippen LogP contribution >= 0.6 is 11.6 Å². The third kappa shape index (κ3) is 6.20. The predicted octanol–water partition coefficient (Wildman–Crippen LogP) is 5.29. The fourth-order valence-corrected chi connectivity index (χ4v) is 3.76. The number of carbonyl (C=O) groups excluding carboxylic acids is 2. The van der Waals surface area contributed by atoms with Gasteiger partial charge in [0.25, 0.3) is 0 Å². The van der Waals surface area contributed by atoms with E-state index in [1.807, 2.05) is 38.1 Å². The van der Waals surface area contributed by atoms with E-state index in [-0.39, 0.29) is 12.1 Å². The average Bonchev–Trinajstić information content (AvgIpc) is 2.77. The summed E-state index contributed by atoms with van der Waals surface area (Å²) in [5.41, 5.74) is 2.52. The summed E-state index contributed by atoms with van der Waals surface area (Å²) in [7, 11) is 0. The molecule has 7 nitrogen and oxygen atoms in total. The second-order valence-electron chi connectivity index (χ2n) is 7.79. The van der Waals surface area contributed by atoms with Gasteiger partial charge in [-0.1, -0.05) is 36.7 Å². The average molecular weight is 473 g/mol. The minimum Gasteiger partial charge on any atom is -0.490 e. The highest BCUT2D eigenvalue weighted by Crippen LogP contribution is 2.36. The summed E-state index contributed by atoms with van der Waals surface area (Å²) in [5, 5.41) is 6.20. The zero-order valence-electron chi connectivity index (χ0n) is 19.2. The van der Waals surface area contributed by atoms with Crippen LogP contribution in [0.25, 0.3) is 0 Å². The van der Waals surface area contributed by atoms with Gasteiger partial charge in [-0.2, -0.15) is 0 Å². The van der Waals surface area contributed by atoms with Crippen LogP contribution in [0.3, 0.4) is 0 Å². The minimum absolute atomic E-state index is 0.289. The van der Waals surface area contributed by atoms with Crippen molar-refractivity contribution in [2.75, 3.05) is 6.61 Å². The maximum atomic E-state index is 12.9. The van der Waals surface area contributed by atoms with Crippen LogP contribution in [-0.2, 0) is 16.1 Å². The highest BCUT2D eigenvalue weighted by molar-refractivity contribution is 6.30. The van der Waals surface area contributed by atoms with E-state index in [2.05, 4.69) is 10.6 Å². The molecule has 0 saturated carbocycles. The molecule has 0 bridgehead atoms. The first-order valence-electron chi connectivity index (χ1n) is 11.0. The summed E-state index contributed by atoms with van der Waals surface area (Å²) in [6, 6.07) is 11.7. The number of hydrogen-bond donors (Lipinski definition) is 2. The largest absolute Gasteiger partial charge is 0.490 e. The number of allylic oxidation sites excluding steroid dienone is 1. The van der Waals surface area contributed by atoms with Gasteiger partial charge in [-0.25, -0.2) is 9.59 Å². The Kier molecular flexibility index (Phi) is 8.22. The number of amides is 2. The van der Waals surface area contributed by atoms with E-state index < -0.39 is 12.0 Å². The summed E-state index contributed by atoms with van der Waals surface area (Å²) in [4.78, 5) is 25.2. The first-order valence-corrected chi connectivity index (χ1v) is 11.4. The van der Waals surface area contributed by atoms with Crippen LogP contribution in [0.5, 0.6) is 11.5 Å². The fourth-order valence-electron chi connectivity index (χ4n) is 3.55. The van der Waals surface area contributed by atoms with E-state index in [9.17, 15) is 9.59 Å².